The van der Waals surface area contributed by atoms with Gasteiger partial charge in [0.15, 0.2) is 5.65 Å². The SMILES string of the molecule is OC[C@H](O)COc1cc(Cl)c(-c2noc(-c3cn4cc(C(F)(F)F)cc(Cl)c4n3)n2)cc1Cl. The van der Waals surface area contributed by atoms with Gasteiger partial charge in [0.1, 0.15) is 24.2 Å². The van der Waals surface area contributed by atoms with E-state index < -0.39 is 24.5 Å². The van der Waals surface area contributed by atoms with E-state index in [9.17, 15) is 18.3 Å². The Morgan fingerprint density at radius 3 is 2.52 bits per heavy atom. The first-order chi connectivity index (χ1) is 15.6. The minimum Gasteiger partial charge on any atom is -0.489 e. The molecule has 0 spiro atoms. The van der Waals surface area contributed by atoms with Crippen LogP contribution in [-0.4, -0.2) is 49.1 Å². The highest BCUT2D eigenvalue weighted by Gasteiger charge is 2.32. The molecule has 8 nitrogen and oxygen atoms in total. The standard InChI is InChI=1S/C19H12Cl3F3N4O4/c20-11-3-15(32-7-9(31)6-30)12(21)2-10(11)16-27-18(33-28-16)14-5-29-4-8(19(23,24)25)1-13(22)17(29)26-14/h1-5,9,30-31H,6-7H2/t9-/m0/s1. The van der Waals surface area contributed by atoms with Crippen LogP contribution < -0.4 is 4.74 Å². The average molecular weight is 524 g/mol. The van der Waals surface area contributed by atoms with Crippen molar-refractivity contribution in [2.75, 3.05) is 13.2 Å². The lowest BCUT2D eigenvalue weighted by Gasteiger charge is -2.12. The lowest BCUT2D eigenvalue weighted by molar-refractivity contribution is -0.137. The molecular formula is C19H12Cl3F3N4O4. The van der Waals surface area contributed by atoms with E-state index in [1.54, 1.807) is 0 Å². The van der Waals surface area contributed by atoms with Crippen molar-refractivity contribution in [2.45, 2.75) is 12.3 Å². The minimum atomic E-state index is -4.58. The zero-order chi connectivity index (χ0) is 23.9. The van der Waals surface area contributed by atoms with Gasteiger partial charge in [0.2, 0.25) is 5.82 Å². The Balaban J connectivity index is 1.65. The molecule has 0 saturated carbocycles. The number of hydrogen-bond acceptors (Lipinski definition) is 7. The van der Waals surface area contributed by atoms with E-state index in [0.717, 1.165) is 16.7 Å². The minimum absolute atomic E-state index is 0.0398. The summed E-state index contributed by atoms with van der Waals surface area (Å²) >= 11 is 18.4. The van der Waals surface area contributed by atoms with Gasteiger partial charge in [-0.1, -0.05) is 40.0 Å². The molecule has 1 aromatic carbocycles. The Labute approximate surface area is 198 Å². The predicted octanol–water partition coefficient (Wildman–Crippen LogP) is 4.76. The average Bonchev–Trinajstić information content (AvgIpc) is 3.40. The van der Waals surface area contributed by atoms with Gasteiger partial charge in [-0.05, 0) is 12.1 Å². The maximum absolute atomic E-state index is 13.0. The first kappa shape index (κ1) is 23.6. The number of pyridine rings is 1. The van der Waals surface area contributed by atoms with Crippen LogP contribution in [0.3, 0.4) is 0 Å². The Kier molecular flexibility index (Phi) is 6.43. The van der Waals surface area contributed by atoms with Gasteiger partial charge in [-0.25, -0.2) is 4.98 Å². The highest BCUT2D eigenvalue weighted by molar-refractivity contribution is 6.36. The number of fused-ring (bicyclic) bond motifs is 1. The maximum Gasteiger partial charge on any atom is 0.417 e. The molecule has 0 radical (unpaired) electrons. The van der Waals surface area contributed by atoms with Crippen LogP contribution in [0.25, 0.3) is 28.6 Å². The van der Waals surface area contributed by atoms with E-state index in [1.165, 1.54) is 18.3 Å². The Morgan fingerprint density at radius 1 is 1.06 bits per heavy atom. The summed E-state index contributed by atoms with van der Waals surface area (Å²) in [6.07, 6.45) is -3.56. The van der Waals surface area contributed by atoms with Crippen molar-refractivity contribution in [3.8, 4) is 28.7 Å². The second-order valence-corrected chi connectivity index (χ2v) is 7.99. The number of nitrogens with zero attached hydrogens (tertiary/aromatic N) is 4. The van der Waals surface area contributed by atoms with Crippen molar-refractivity contribution >= 4 is 40.4 Å². The maximum atomic E-state index is 13.0. The van der Waals surface area contributed by atoms with Gasteiger partial charge in [0.05, 0.1) is 27.2 Å². The summed E-state index contributed by atoms with van der Waals surface area (Å²) in [6, 6.07) is 3.57. The van der Waals surface area contributed by atoms with E-state index in [4.69, 9.17) is 49.2 Å². The van der Waals surface area contributed by atoms with Crippen molar-refractivity contribution in [3.63, 3.8) is 0 Å². The predicted molar refractivity (Wildman–Crippen MR) is 113 cm³/mol. The fourth-order valence-electron chi connectivity index (χ4n) is 2.80. The normalized spacial score (nSPS) is 13.0. The van der Waals surface area contributed by atoms with E-state index in [-0.39, 0.29) is 56.0 Å². The summed E-state index contributed by atoms with van der Waals surface area (Å²) in [6.45, 7) is -0.689. The van der Waals surface area contributed by atoms with Gasteiger partial charge >= 0.3 is 6.18 Å². The number of ether oxygens (including phenoxy) is 1. The van der Waals surface area contributed by atoms with E-state index in [2.05, 4.69) is 15.1 Å². The zero-order valence-electron chi connectivity index (χ0n) is 16.1. The number of imidazole rings is 1. The highest BCUT2D eigenvalue weighted by atomic mass is 35.5. The van der Waals surface area contributed by atoms with Crippen LogP contribution in [0.15, 0.2) is 35.1 Å². The van der Waals surface area contributed by atoms with Crippen LogP contribution in [0.4, 0.5) is 13.2 Å². The third kappa shape index (κ3) is 4.87. The first-order valence-electron chi connectivity index (χ1n) is 9.07. The van der Waals surface area contributed by atoms with Crippen LogP contribution in [0.1, 0.15) is 5.56 Å². The van der Waals surface area contributed by atoms with Crippen LogP contribution in [-0.2, 0) is 6.18 Å². The smallest absolute Gasteiger partial charge is 0.417 e. The second-order valence-electron chi connectivity index (χ2n) is 6.76. The summed E-state index contributed by atoms with van der Waals surface area (Å²) in [4.78, 5) is 8.35. The fraction of sp³-hybridized carbons (Fsp3) is 0.211. The van der Waals surface area contributed by atoms with Crippen LogP contribution >= 0.6 is 34.8 Å². The van der Waals surface area contributed by atoms with Crippen molar-refractivity contribution < 1.29 is 32.6 Å². The summed E-state index contributed by atoms with van der Waals surface area (Å²) < 4.78 is 50.7. The molecule has 33 heavy (non-hydrogen) atoms. The second kappa shape index (κ2) is 8.99. The molecular weight excluding hydrogens is 512 g/mol. The largest absolute Gasteiger partial charge is 0.489 e. The molecule has 1 atom stereocenters. The monoisotopic (exact) mass is 522 g/mol. The van der Waals surface area contributed by atoms with Crippen molar-refractivity contribution in [2.24, 2.45) is 0 Å². The van der Waals surface area contributed by atoms with Gasteiger partial charge in [0, 0.05) is 24.0 Å². The first-order valence-corrected chi connectivity index (χ1v) is 10.2. The molecule has 3 aromatic heterocycles. The number of alkyl halides is 3. The molecule has 2 N–H and O–H groups in total. The zero-order valence-corrected chi connectivity index (χ0v) is 18.4. The number of benzene rings is 1. The van der Waals surface area contributed by atoms with Gasteiger partial charge in [-0.15, -0.1) is 0 Å². The Bertz CT molecular complexity index is 1330. The Morgan fingerprint density at radius 2 is 1.82 bits per heavy atom. The molecule has 0 aliphatic rings. The number of aliphatic hydroxyl groups is 2. The van der Waals surface area contributed by atoms with Crippen molar-refractivity contribution in [3.05, 3.63) is 51.2 Å². The van der Waals surface area contributed by atoms with E-state index in [1.807, 2.05) is 0 Å². The van der Waals surface area contributed by atoms with Gasteiger partial charge in [-0.2, -0.15) is 18.2 Å². The number of hydrogen-bond donors (Lipinski definition) is 2. The number of aliphatic hydroxyl groups excluding tert-OH is 2. The molecule has 0 aliphatic heterocycles. The molecule has 0 fully saturated rings. The summed E-state index contributed by atoms with van der Waals surface area (Å²) in [5.74, 6) is 0.118. The number of aromatic nitrogens is 4. The Hall–Kier alpha value is -2.57. The summed E-state index contributed by atoms with van der Waals surface area (Å²) in [5, 5.41) is 22.1. The van der Waals surface area contributed by atoms with Crippen LogP contribution in [0, 0.1) is 0 Å². The van der Waals surface area contributed by atoms with Crippen LogP contribution in [0.2, 0.25) is 15.1 Å². The molecule has 0 bridgehead atoms. The lowest BCUT2D eigenvalue weighted by atomic mass is 10.2. The molecule has 0 unspecified atom stereocenters. The van der Waals surface area contributed by atoms with Crippen molar-refractivity contribution in [1.29, 1.82) is 0 Å². The quantitative estimate of drug-likeness (QED) is 0.375. The van der Waals surface area contributed by atoms with Crippen LogP contribution in [0.5, 0.6) is 5.75 Å². The molecule has 3 heterocycles. The van der Waals surface area contributed by atoms with Crippen molar-refractivity contribution in [1.82, 2.24) is 19.5 Å². The van der Waals surface area contributed by atoms with Gasteiger partial charge in [-0.3, -0.25) is 0 Å². The topological polar surface area (TPSA) is 106 Å². The summed E-state index contributed by atoms with van der Waals surface area (Å²) in [7, 11) is 0. The summed E-state index contributed by atoms with van der Waals surface area (Å²) in [5.41, 5.74) is -0.486. The van der Waals surface area contributed by atoms with E-state index in [0.29, 0.717) is 0 Å². The number of halogens is 6. The third-order valence-corrected chi connectivity index (χ3v) is 5.27. The van der Waals surface area contributed by atoms with E-state index >= 15 is 0 Å². The third-order valence-electron chi connectivity index (χ3n) is 4.38. The molecule has 0 amide bonds. The molecule has 174 valence electrons. The number of rotatable bonds is 6. The molecule has 4 aromatic rings. The van der Waals surface area contributed by atoms with Gasteiger partial charge in [0.25, 0.3) is 5.89 Å². The van der Waals surface area contributed by atoms with Gasteiger partial charge < -0.3 is 23.9 Å². The molecule has 14 heteroatoms. The molecule has 0 saturated heterocycles. The fourth-order valence-corrected chi connectivity index (χ4v) is 3.51. The molecule has 4 rings (SSSR count). The lowest BCUT2D eigenvalue weighted by Crippen LogP contribution is -2.21. The highest BCUT2D eigenvalue weighted by Crippen LogP contribution is 2.37. The molecule has 0 aliphatic carbocycles.